The summed E-state index contributed by atoms with van der Waals surface area (Å²) < 4.78 is 41.1. The highest BCUT2D eigenvalue weighted by molar-refractivity contribution is 7.13. The molecule has 4 aromatic rings. The Morgan fingerprint density at radius 3 is 2.42 bits per heavy atom. The second-order valence-electron chi connectivity index (χ2n) is 6.51. The highest BCUT2D eigenvalue weighted by Crippen LogP contribution is 2.30. The molecule has 4 nitrogen and oxygen atoms in total. The van der Waals surface area contributed by atoms with Gasteiger partial charge in [0, 0.05) is 27.8 Å². The molecule has 0 radical (unpaired) electrons. The van der Waals surface area contributed by atoms with E-state index in [0.717, 1.165) is 34.0 Å². The van der Waals surface area contributed by atoms with E-state index in [1.165, 1.54) is 23.5 Å². The maximum atomic E-state index is 12.5. The summed E-state index contributed by atoms with van der Waals surface area (Å²) in [6, 6.07) is 21.8. The zero-order chi connectivity index (χ0) is 21.8. The summed E-state index contributed by atoms with van der Waals surface area (Å²) in [6.45, 7) is 0. The number of carbonyl (C=O) groups excluding carboxylic acids is 1. The van der Waals surface area contributed by atoms with Gasteiger partial charge < -0.3 is 10.1 Å². The fourth-order valence-electron chi connectivity index (χ4n) is 2.91. The lowest BCUT2D eigenvalue weighted by Gasteiger charge is -2.10. The topological polar surface area (TPSA) is 51.2 Å². The first-order valence-corrected chi connectivity index (χ1v) is 10.0. The number of alkyl halides is 3. The number of thiazole rings is 1. The fraction of sp³-hybridized carbons (Fsp3) is 0.0435. The first kappa shape index (κ1) is 20.6. The van der Waals surface area contributed by atoms with Gasteiger partial charge in [-0.2, -0.15) is 0 Å². The average Bonchev–Trinajstić information content (AvgIpc) is 3.24. The fourth-order valence-corrected chi connectivity index (χ4v) is 3.75. The first-order chi connectivity index (χ1) is 14.9. The van der Waals surface area contributed by atoms with Crippen molar-refractivity contribution in [1.29, 1.82) is 0 Å². The average molecular weight is 440 g/mol. The molecule has 0 atom stereocenters. The van der Waals surface area contributed by atoms with Crippen molar-refractivity contribution in [1.82, 2.24) is 4.98 Å². The third kappa shape index (κ3) is 5.29. The molecule has 31 heavy (non-hydrogen) atoms. The Morgan fingerprint density at radius 1 is 0.903 bits per heavy atom. The normalized spacial score (nSPS) is 11.2. The first-order valence-electron chi connectivity index (χ1n) is 9.16. The predicted octanol–water partition coefficient (Wildman–Crippen LogP) is 6.63. The number of hydrogen-bond acceptors (Lipinski definition) is 4. The van der Waals surface area contributed by atoms with Crippen LogP contribution in [-0.2, 0) is 0 Å². The van der Waals surface area contributed by atoms with Crippen LogP contribution in [-0.4, -0.2) is 17.3 Å². The minimum Gasteiger partial charge on any atom is -0.406 e. The van der Waals surface area contributed by atoms with Gasteiger partial charge in [-0.1, -0.05) is 48.5 Å². The molecular weight excluding hydrogens is 425 g/mol. The van der Waals surface area contributed by atoms with Crippen LogP contribution in [0, 0.1) is 0 Å². The highest BCUT2D eigenvalue weighted by atomic mass is 32.1. The van der Waals surface area contributed by atoms with Crippen LogP contribution < -0.4 is 10.1 Å². The van der Waals surface area contributed by atoms with Crippen LogP contribution in [0.3, 0.4) is 0 Å². The molecule has 0 saturated carbocycles. The summed E-state index contributed by atoms with van der Waals surface area (Å²) >= 11 is 1.52. The summed E-state index contributed by atoms with van der Waals surface area (Å²) in [5.74, 6) is -1.00. The zero-order valence-corrected chi connectivity index (χ0v) is 16.7. The van der Waals surface area contributed by atoms with Crippen LogP contribution in [0.4, 0.5) is 18.9 Å². The quantitative estimate of drug-likeness (QED) is 0.379. The Balaban J connectivity index is 1.51. The lowest BCUT2D eigenvalue weighted by atomic mass is 10.1. The Labute approximate surface area is 180 Å². The van der Waals surface area contributed by atoms with Gasteiger partial charge in [0.25, 0.3) is 5.91 Å². The molecule has 0 aliphatic rings. The van der Waals surface area contributed by atoms with Gasteiger partial charge >= 0.3 is 6.36 Å². The van der Waals surface area contributed by atoms with Gasteiger partial charge in [0.05, 0.1) is 5.69 Å². The molecule has 0 unspecified atom stereocenters. The number of nitrogens with zero attached hydrogens (tertiary/aromatic N) is 1. The van der Waals surface area contributed by atoms with Crippen molar-refractivity contribution >= 4 is 22.9 Å². The van der Waals surface area contributed by atoms with Crippen molar-refractivity contribution in [2.45, 2.75) is 6.36 Å². The van der Waals surface area contributed by atoms with Crippen LogP contribution in [0.15, 0.2) is 84.2 Å². The Morgan fingerprint density at radius 2 is 1.65 bits per heavy atom. The van der Waals surface area contributed by atoms with E-state index in [1.54, 1.807) is 18.2 Å². The summed E-state index contributed by atoms with van der Waals surface area (Å²) in [7, 11) is 0. The molecule has 0 aliphatic carbocycles. The van der Waals surface area contributed by atoms with Crippen LogP contribution in [0.5, 0.6) is 5.75 Å². The monoisotopic (exact) mass is 440 g/mol. The lowest BCUT2D eigenvalue weighted by Crippen LogP contribution is -2.18. The van der Waals surface area contributed by atoms with E-state index < -0.39 is 18.0 Å². The molecule has 1 amide bonds. The summed E-state index contributed by atoms with van der Waals surface area (Å²) in [5, 5.41) is 5.51. The molecule has 1 heterocycles. The minimum absolute atomic E-state index is 0.0483. The number of hydrogen-bond donors (Lipinski definition) is 1. The largest absolute Gasteiger partial charge is 0.573 e. The zero-order valence-electron chi connectivity index (χ0n) is 15.9. The molecule has 0 aliphatic heterocycles. The van der Waals surface area contributed by atoms with Crippen molar-refractivity contribution in [3.63, 3.8) is 0 Å². The van der Waals surface area contributed by atoms with E-state index in [1.807, 2.05) is 41.8 Å². The van der Waals surface area contributed by atoms with E-state index in [-0.39, 0.29) is 5.56 Å². The lowest BCUT2D eigenvalue weighted by molar-refractivity contribution is -0.274. The number of ether oxygens (including phenoxy) is 1. The smallest absolute Gasteiger partial charge is 0.406 e. The van der Waals surface area contributed by atoms with E-state index in [4.69, 9.17) is 0 Å². The standard InChI is InChI=1S/C23H15F3N2O2S/c24-23(25,26)30-19-11-5-9-17(13-19)21(29)27-18-10-4-8-16(12-18)20-14-31-22(28-20)15-6-2-1-3-7-15/h1-14H,(H,27,29). The minimum atomic E-state index is -4.82. The Kier molecular flexibility index (Phi) is 5.73. The molecule has 0 saturated heterocycles. The molecule has 4 rings (SSSR count). The van der Waals surface area contributed by atoms with Crippen LogP contribution in [0.1, 0.15) is 10.4 Å². The molecule has 0 spiro atoms. The van der Waals surface area contributed by atoms with Gasteiger partial charge in [-0.05, 0) is 30.3 Å². The SMILES string of the molecule is O=C(Nc1cccc(-c2csc(-c3ccccc3)n2)c1)c1cccc(OC(F)(F)F)c1. The number of benzene rings is 3. The van der Waals surface area contributed by atoms with Gasteiger partial charge in [-0.3, -0.25) is 4.79 Å². The van der Waals surface area contributed by atoms with E-state index in [2.05, 4.69) is 15.0 Å². The molecule has 156 valence electrons. The Hall–Kier alpha value is -3.65. The van der Waals surface area contributed by atoms with Gasteiger partial charge in [0.2, 0.25) is 0 Å². The molecule has 0 bridgehead atoms. The number of aromatic nitrogens is 1. The summed E-state index contributed by atoms with van der Waals surface area (Å²) in [6.07, 6.45) is -4.82. The van der Waals surface area contributed by atoms with Crippen LogP contribution in [0.2, 0.25) is 0 Å². The number of halogens is 3. The van der Waals surface area contributed by atoms with E-state index in [0.29, 0.717) is 5.69 Å². The van der Waals surface area contributed by atoms with Crippen molar-refractivity contribution in [3.05, 3.63) is 89.8 Å². The van der Waals surface area contributed by atoms with Crippen molar-refractivity contribution in [2.75, 3.05) is 5.32 Å². The highest BCUT2D eigenvalue weighted by Gasteiger charge is 2.31. The van der Waals surface area contributed by atoms with Crippen molar-refractivity contribution in [2.24, 2.45) is 0 Å². The number of carbonyl (C=O) groups is 1. The van der Waals surface area contributed by atoms with Gasteiger partial charge in [0.1, 0.15) is 10.8 Å². The number of anilines is 1. The number of nitrogens with one attached hydrogen (secondary N) is 1. The molecule has 3 aromatic carbocycles. The second kappa shape index (κ2) is 8.61. The third-order valence-corrected chi connectivity index (χ3v) is 5.16. The summed E-state index contributed by atoms with van der Waals surface area (Å²) in [4.78, 5) is 17.2. The second-order valence-corrected chi connectivity index (χ2v) is 7.37. The number of rotatable bonds is 5. The van der Waals surface area contributed by atoms with Crippen molar-refractivity contribution in [3.8, 4) is 27.6 Å². The van der Waals surface area contributed by atoms with Gasteiger partial charge in [-0.15, -0.1) is 24.5 Å². The third-order valence-electron chi connectivity index (χ3n) is 4.27. The van der Waals surface area contributed by atoms with E-state index in [9.17, 15) is 18.0 Å². The van der Waals surface area contributed by atoms with Gasteiger partial charge in [0.15, 0.2) is 0 Å². The van der Waals surface area contributed by atoms with E-state index >= 15 is 0 Å². The number of amides is 1. The van der Waals surface area contributed by atoms with Crippen molar-refractivity contribution < 1.29 is 22.7 Å². The molecule has 0 fully saturated rings. The summed E-state index contributed by atoms with van der Waals surface area (Å²) in [5.41, 5.74) is 3.14. The van der Waals surface area contributed by atoms with Crippen LogP contribution in [0.25, 0.3) is 21.8 Å². The van der Waals surface area contributed by atoms with Gasteiger partial charge in [-0.25, -0.2) is 4.98 Å². The predicted molar refractivity (Wildman–Crippen MR) is 114 cm³/mol. The molecule has 1 N–H and O–H groups in total. The molecule has 1 aromatic heterocycles. The maximum Gasteiger partial charge on any atom is 0.573 e. The Bertz CT molecular complexity index is 1210. The molecular formula is C23H15F3N2O2S. The van der Waals surface area contributed by atoms with Crippen LogP contribution >= 0.6 is 11.3 Å². The molecule has 8 heteroatoms. The maximum absolute atomic E-state index is 12.5.